The van der Waals surface area contributed by atoms with Crippen LogP contribution in [0.3, 0.4) is 0 Å². The van der Waals surface area contributed by atoms with E-state index in [9.17, 15) is 5.11 Å². The van der Waals surface area contributed by atoms with Crippen LogP contribution in [-0.4, -0.2) is 5.11 Å². The summed E-state index contributed by atoms with van der Waals surface area (Å²) >= 11 is 0. The predicted molar refractivity (Wildman–Crippen MR) is 58.5 cm³/mol. The molecule has 0 amide bonds. The van der Waals surface area contributed by atoms with Crippen LogP contribution in [0.15, 0.2) is 47.3 Å². The Morgan fingerprint density at radius 3 is 2.38 bits per heavy atom. The Balaban J connectivity index is 2.40. The van der Waals surface area contributed by atoms with Crippen LogP contribution in [0.5, 0.6) is 0 Å². The van der Waals surface area contributed by atoms with E-state index in [-0.39, 0.29) is 0 Å². The maximum Gasteiger partial charge on any atom is 0.115 e. The van der Waals surface area contributed by atoms with E-state index in [1.165, 1.54) is 12.5 Å². The number of furan rings is 1. The number of nitrogens with zero attached hydrogens (tertiary/aromatic N) is 1. The van der Waals surface area contributed by atoms with Crippen LogP contribution in [-0.2, 0) is 5.60 Å². The third-order valence-electron chi connectivity index (χ3n) is 2.66. The number of benzene rings is 1. The highest BCUT2D eigenvalue weighted by Crippen LogP contribution is 2.29. The van der Waals surface area contributed by atoms with Gasteiger partial charge in [0, 0.05) is 5.56 Å². The van der Waals surface area contributed by atoms with Crippen LogP contribution in [0.4, 0.5) is 0 Å². The third-order valence-corrected chi connectivity index (χ3v) is 2.66. The first kappa shape index (κ1) is 10.5. The second kappa shape index (κ2) is 3.84. The monoisotopic (exact) mass is 213 g/mol. The molecular formula is C13H11NO2. The van der Waals surface area contributed by atoms with Gasteiger partial charge in [-0.3, -0.25) is 0 Å². The number of nitriles is 1. The molecule has 1 N–H and O–H groups in total. The zero-order valence-electron chi connectivity index (χ0n) is 8.84. The molecule has 0 radical (unpaired) electrons. The van der Waals surface area contributed by atoms with Crippen LogP contribution < -0.4 is 0 Å². The Kier molecular flexibility index (Phi) is 2.51. The Morgan fingerprint density at radius 2 is 1.88 bits per heavy atom. The van der Waals surface area contributed by atoms with Crippen molar-refractivity contribution in [3.05, 3.63) is 59.5 Å². The molecule has 16 heavy (non-hydrogen) atoms. The minimum atomic E-state index is -1.10. The maximum atomic E-state index is 10.4. The van der Waals surface area contributed by atoms with Gasteiger partial charge in [0.15, 0.2) is 0 Å². The lowest BCUT2D eigenvalue weighted by molar-refractivity contribution is 0.101. The Bertz CT molecular complexity index is 504. The molecule has 3 heteroatoms. The quantitative estimate of drug-likeness (QED) is 0.833. The van der Waals surface area contributed by atoms with E-state index in [1.807, 2.05) is 6.07 Å². The van der Waals surface area contributed by atoms with Gasteiger partial charge in [0.05, 0.1) is 24.2 Å². The fourth-order valence-electron chi connectivity index (χ4n) is 1.58. The second-order valence-corrected chi connectivity index (χ2v) is 3.77. The van der Waals surface area contributed by atoms with Crippen molar-refractivity contribution in [3.63, 3.8) is 0 Å². The number of rotatable bonds is 2. The molecule has 1 unspecified atom stereocenters. The van der Waals surface area contributed by atoms with E-state index in [0.717, 1.165) is 5.56 Å². The molecule has 0 bridgehead atoms. The van der Waals surface area contributed by atoms with Crippen molar-refractivity contribution in [1.29, 1.82) is 5.26 Å². The van der Waals surface area contributed by atoms with Gasteiger partial charge in [0.1, 0.15) is 5.60 Å². The Morgan fingerprint density at radius 1 is 1.19 bits per heavy atom. The molecule has 0 aliphatic carbocycles. The summed E-state index contributed by atoms with van der Waals surface area (Å²) in [5.74, 6) is 0. The summed E-state index contributed by atoms with van der Waals surface area (Å²) in [4.78, 5) is 0. The summed E-state index contributed by atoms with van der Waals surface area (Å²) in [6.45, 7) is 1.69. The Labute approximate surface area is 93.6 Å². The van der Waals surface area contributed by atoms with Gasteiger partial charge >= 0.3 is 0 Å². The second-order valence-electron chi connectivity index (χ2n) is 3.77. The molecule has 0 spiro atoms. The molecule has 0 fully saturated rings. The molecule has 0 aliphatic rings. The molecule has 1 aromatic carbocycles. The molecule has 0 saturated heterocycles. The van der Waals surface area contributed by atoms with Crippen LogP contribution in [0, 0.1) is 11.3 Å². The van der Waals surface area contributed by atoms with Crippen molar-refractivity contribution in [2.75, 3.05) is 0 Å². The number of hydrogen-bond donors (Lipinski definition) is 1. The normalized spacial score (nSPS) is 14.1. The largest absolute Gasteiger partial charge is 0.472 e. The zero-order chi connectivity index (χ0) is 11.6. The molecular weight excluding hydrogens is 202 g/mol. The molecule has 1 heterocycles. The Hall–Kier alpha value is -2.05. The summed E-state index contributed by atoms with van der Waals surface area (Å²) in [5, 5.41) is 19.1. The third kappa shape index (κ3) is 1.71. The van der Waals surface area contributed by atoms with Crippen LogP contribution in [0.25, 0.3) is 0 Å². The van der Waals surface area contributed by atoms with Crippen molar-refractivity contribution < 1.29 is 9.52 Å². The summed E-state index contributed by atoms with van der Waals surface area (Å²) < 4.78 is 4.95. The molecule has 80 valence electrons. The molecule has 0 saturated carbocycles. The van der Waals surface area contributed by atoms with Gasteiger partial charge in [0.2, 0.25) is 0 Å². The van der Waals surface area contributed by atoms with E-state index in [2.05, 4.69) is 0 Å². The highest BCUT2D eigenvalue weighted by Gasteiger charge is 2.26. The van der Waals surface area contributed by atoms with Gasteiger partial charge in [-0.1, -0.05) is 12.1 Å². The van der Waals surface area contributed by atoms with E-state index in [4.69, 9.17) is 9.68 Å². The molecule has 2 aromatic rings. The van der Waals surface area contributed by atoms with Gasteiger partial charge in [-0.25, -0.2) is 0 Å². The molecule has 3 nitrogen and oxygen atoms in total. The first-order valence-corrected chi connectivity index (χ1v) is 4.90. The van der Waals surface area contributed by atoms with Crippen molar-refractivity contribution >= 4 is 0 Å². The first-order valence-electron chi connectivity index (χ1n) is 4.90. The van der Waals surface area contributed by atoms with Crippen LogP contribution in [0.1, 0.15) is 23.6 Å². The highest BCUT2D eigenvalue weighted by molar-refractivity contribution is 5.38. The fourth-order valence-corrected chi connectivity index (χ4v) is 1.58. The standard InChI is InChI=1S/C13H11NO2/c1-13(15,12-6-7-16-9-12)11-4-2-10(8-14)3-5-11/h2-7,9,15H,1H3. The van der Waals surface area contributed by atoms with Crippen molar-refractivity contribution in [3.8, 4) is 6.07 Å². The molecule has 0 aliphatic heterocycles. The van der Waals surface area contributed by atoms with Gasteiger partial charge in [-0.2, -0.15) is 5.26 Å². The number of aliphatic hydroxyl groups is 1. The van der Waals surface area contributed by atoms with Crippen LogP contribution >= 0.6 is 0 Å². The van der Waals surface area contributed by atoms with Gasteiger partial charge in [-0.05, 0) is 30.7 Å². The lowest BCUT2D eigenvalue weighted by atomic mass is 9.90. The summed E-state index contributed by atoms with van der Waals surface area (Å²) in [6.07, 6.45) is 3.03. The van der Waals surface area contributed by atoms with Gasteiger partial charge < -0.3 is 9.52 Å². The van der Waals surface area contributed by atoms with E-state index in [0.29, 0.717) is 11.1 Å². The minimum absolute atomic E-state index is 0.576. The van der Waals surface area contributed by atoms with Crippen molar-refractivity contribution in [2.24, 2.45) is 0 Å². The zero-order valence-corrected chi connectivity index (χ0v) is 8.84. The summed E-state index contributed by atoms with van der Waals surface area (Å²) in [7, 11) is 0. The van der Waals surface area contributed by atoms with Gasteiger partial charge in [0.25, 0.3) is 0 Å². The summed E-state index contributed by atoms with van der Waals surface area (Å²) in [5.41, 5.74) is 0.901. The molecule has 1 atom stereocenters. The van der Waals surface area contributed by atoms with Crippen molar-refractivity contribution in [2.45, 2.75) is 12.5 Å². The lowest BCUT2D eigenvalue weighted by Crippen LogP contribution is -2.21. The molecule has 2 rings (SSSR count). The minimum Gasteiger partial charge on any atom is -0.472 e. The molecule has 1 aromatic heterocycles. The summed E-state index contributed by atoms with van der Waals surface area (Å²) in [6, 6.07) is 10.6. The predicted octanol–water partition coefficient (Wildman–Crippen LogP) is 2.41. The number of hydrogen-bond acceptors (Lipinski definition) is 3. The lowest BCUT2D eigenvalue weighted by Gasteiger charge is -2.22. The van der Waals surface area contributed by atoms with E-state index < -0.39 is 5.60 Å². The van der Waals surface area contributed by atoms with Crippen molar-refractivity contribution in [1.82, 2.24) is 0 Å². The average molecular weight is 213 g/mol. The SMILES string of the molecule is CC(O)(c1ccc(C#N)cc1)c1ccoc1. The maximum absolute atomic E-state index is 10.4. The van der Waals surface area contributed by atoms with E-state index >= 15 is 0 Å². The van der Waals surface area contributed by atoms with Crippen LogP contribution in [0.2, 0.25) is 0 Å². The van der Waals surface area contributed by atoms with Gasteiger partial charge in [-0.15, -0.1) is 0 Å². The fraction of sp³-hybridized carbons (Fsp3) is 0.154. The topological polar surface area (TPSA) is 57.2 Å². The van der Waals surface area contributed by atoms with E-state index in [1.54, 1.807) is 37.3 Å². The smallest absolute Gasteiger partial charge is 0.115 e. The first-order chi connectivity index (χ1) is 7.64. The average Bonchev–Trinajstić information content (AvgIpc) is 2.83. The highest BCUT2D eigenvalue weighted by atomic mass is 16.3.